The van der Waals surface area contributed by atoms with Crippen LogP contribution >= 0.6 is 23.2 Å². The maximum Gasteiger partial charge on any atom is 0.261 e. The first-order valence-corrected chi connectivity index (χ1v) is 8.43. The Hall–Kier alpha value is -2.05. The molecular formula is C17H19Cl2N3O3. The van der Waals surface area contributed by atoms with Gasteiger partial charge in [0, 0.05) is 12.6 Å². The van der Waals surface area contributed by atoms with Crippen molar-refractivity contribution in [2.24, 2.45) is 0 Å². The van der Waals surface area contributed by atoms with Crippen LogP contribution in [-0.4, -0.2) is 30.8 Å². The van der Waals surface area contributed by atoms with Crippen LogP contribution in [0.3, 0.4) is 0 Å². The Morgan fingerprint density at radius 1 is 1.20 bits per heavy atom. The van der Waals surface area contributed by atoms with Crippen molar-refractivity contribution in [3.05, 3.63) is 33.3 Å². The van der Waals surface area contributed by atoms with Gasteiger partial charge in [0.05, 0.1) is 27.8 Å². The number of hydrogen-bond acceptors (Lipinski definition) is 4. The van der Waals surface area contributed by atoms with Crippen LogP contribution < -0.4 is 15.5 Å². The fourth-order valence-electron chi connectivity index (χ4n) is 2.52. The molecule has 1 fully saturated rings. The lowest BCUT2D eigenvalue weighted by Gasteiger charge is -2.20. The molecule has 0 saturated carbocycles. The second-order valence-corrected chi connectivity index (χ2v) is 6.77. The highest BCUT2D eigenvalue weighted by Gasteiger charge is 2.37. The van der Waals surface area contributed by atoms with Crippen molar-refractivity contribution in [3.8, 4) is 0 Å². The SMILES string of the molecule is CNC(=O)C(C)Nc1cc(N2C(=O)CC(=C(C)C)C2=O)c(Cl)cc1Cl. The van der Waals surface area contributed by atoms with Gasteiger partial charge in [0.1, 0.15) is 6.04 Å². The lowest BCUT2D eigenvalue weighted by Crippen LogP contribution is -2.35. The number of nitrogens with zero attached hydrogens (tertiary/aromatic N) is 1. The molecule has 25 heavy (non-hydrogen) atoms. The summed E-state index contributed by atoms with van der Waals surface area (Å²) in [5.41, 5.74) is 1.90. The van der Waals surface area contributed by atoms with E-state index in [2.05, 4.69) is 10.6 Å². The van der Waals surface area contributed by atoms with Gasteiger partial charge in [-0.05, 0) is 32.9 Å². The predicted octanol–water partition coefficient (Wildman–Crippen LogP) is 3.14. The Balaban J connectivity index is 2.44. The molecule has 1 aromatic rings. The van der Waals surface area contributed by atoms with E-state index in [1.165, 1.54) is 19.2 Å². The van der Waals surface area contributed by atoms with Crippen LogP contribution in [0.15, 0.2) is 23.3 Å². The molecule has 3 amide bonds. The number of hydrogen-bond donors (Lipinski definition) is 2. The largest absolute Gasteiger partial charge is 0.373 e. The molecule has 2 N–H and O–H groups in total. The van der Waals surface area contributed by atoms with Crippen molar-refractivity contribution in [1.29, 1.82) is 0 Å². The monoisotopic (exact) mass is 383 g/mol. The molecule has 0 bridgehead atoms. The maximum atomic E-state index is 12.6. The standard InChI is InChI=1S/C17H19Cl2N3O3/c1-8(2)10-5-15(23)22(17(10)25)14-7-13(11(18)6-12(14)19)21-9(3)16(24)20-4/h6-7,9,21H,5H2,1-4H3,(H,20,24). The minimum Gasteiger partial charge on any atom is -0.373 e. The highest BCUT2D eigenvalue weighted by molar-refractivity contribution is 6.40. The number of allylic oxidation sites excluding steroid dienone is 1. The Morgan fingerprint density at radius 2 is 1.84 bits per heavy atom. The van der Waals surface area contributed by atoms with Crippen molar-refractivity contribution in [2.75, 3.05) is 17.3 Å². The third-order valence-electron chi connectivity index (χ3n) is 3.93. The number of amides is 3. The molecule has 0 aromatic heterocycles. The van der Waals surface area contributed by atoms with Crippen LogP contribution in [0.5, 0.6) is 0 Å². The van der Waals surface area contributed by atoms with Crippen molar-refractivity contribution in [3.63, 3.8) is 0 Å². The molecule has 0 radical (unpaired) electrons. The number of carbonyl (C=O) groups excluding carboxylic acids is 3. The van der Waals surface area contributed by atoms with Crippen molar-refractivity contribution >= 4 is 52.3 Å². The van der Waals surface area contributed by atoms with E-state index in [0.717, 1.165) is 10.5 Å². The molecule has 1 heterocycles. The number of nitrogens with one attached hydrogen (secondary N) is 2. The minimum atomic E-state index is -0.560. The Morgan fingerprint density at radius 3 is 2.36 bits per heavy atom. The summed E-state index contributed by atoms with van der Waals surface area (Å²) in [6.07, 6.45) is 0.0392. The molecule has 0 spiro atoms. The molecule has 0 aliphatic carbocycles. The third-order valence-corrected chi connectivity index (χ3v) is 4.55. The second-order valence-electron chi connectivity index (χ2n) is 5.95. The fraction of sp³-hybridized carbons (Fsp3) is 0.353. The molecule has 1 atom stereocenters. The Labute approximate surface area is 156 Å². The molecular weight excluding hydrogens is 365 g/mol. The first-order valence-electron chi connectivity index (χ1n) is 7.68. The average Bonchev–Trinajstić information content (AvgIpc) is 2.84. The van der Waals surface area contributed by atoms with E-state index < -0.39 is 6.04 Å². The summed E-state index contributed by atoms with van der Waals surface area (Å²) in [7, 11) is 1.53. The number of likely N-dealkylation sites (N-methyl/N-ethyl adjacent to an activating group) is 1. The van der Waals surface area contributed by atoms with Crippen LogP contribution in [0.25, 0.3) is 0 Å². The summed E-state index contributed by atoms with van der Waals surface area (Å²) >= 11 is 12.4. The lowest BCUT2D eigenvalue weighted by molar-refractivity contribution is -0.122. The highest BCUT2D eigenvalue weighted by Crippen LogP contribution is 2.38. The van der Waals surface area contributed by atoms with Crippen LogP contribution in [0, 0.1) is 0 Å². The molecule has 1 aliphatic rings. The second kappa shape index (κ2) is 7.45. The summed E-state index contributed by atoms with van der Waals surface area (Å²) in [5, 5.41) is 5.94. The van der Waals surface area contributed by atoms with E-state index in [1.54, 1.807) is 20.8 Å². The van der Waals surface area contributed by atoms with E-state index in [1.807, 2.05) is 0 Å². The van der Waals surface area contributed by atoms with Gasteiger partial charge in [0.2, 0.25) is 11.8 Å². The van der Waals surface area contributed by atoms with Gasteiger partial charge in [0.15, 0.2) is 0 Å². The number of anilines is 2. The minimum absolute atomic E-state index is 0.0392. The van der Waals surface area contributed by atoms with E-state index in [9.17, 15) is 14.4 Å². The van der Waals surface area contributed by atoms with E-state index >= 15 is 0 Å². The van der Waals surface area contributed by atoms with Crippen LogP contribution in [0.1, 0.15) is 27.2 Å². The molecule has 2 rings (SSSR count). The number of imide groups is 1. The number of halogens is 2. The summed E-state index contributed by atoms with van der Waals surface area (Å²) in [5.74, 6) is -0.969. The van der Waals surface area contributed by atoms with Gasteiger partial charge in [-0.15, -0.1) is 0 Å². The van der Waals surface area contributed by atoms with Crippen LogP contribution in [0.2, 0.25) is 10.0 Å². The van der Waals surface area contributed by atoms with Crippen molar-refractivity contribution in [2.45, 2.75) is 33.2 Å². The number of rotatable bonds is 4. The summed E-state index contributed by atoms with van der Waals surface area (Å²) < 4.78 is 0. The molecule has 1 aromatic carbocycles. The molecule has 134 valence electrons. The molecule has 1 unspecified atom stereocenters. The van der Waals surface area contributed by atoms with E-state index in [4.69, 9.17) is 23.2 Å². The average molecular weight is 384 g/mol. The quantitative estimate of drug-likeness (QED) is 0.618. The highest BCUT2D eigenvalue weighted by atomic mass is 35.5. The Bertz CT molecular complexity index is 786. The maximum absolute atomic E-state index is 12.6. The number of benzene rings is 1. The number of carbonyl (C=O) groups is 3. The fourth-order valence-corrected chi connectivity index (χ4v) is 3.05. The first kappa shape index (κ1) is 19.3. The first-order chi connectivity index (χ1) is 11.7. The smallest absolute Gasteiger partial charge is 0.261 e. The van der Waals surface area contributed by atoms with E-state index in [-0.39, 0.29) is 39.9 Å². The topological polar surface area (TPSA) is 78.5 Å². The van der Waals surface area contributed by atoms with Gasteiger partial charge in [0.25, 0.3) is 5.91 Å². The van der Waals surface area contributed by atoms with Crippen LogP contribution in [-0.2, 0) is 14.4 Å². The summed E-state index contributed by atoms with van der Waals surface area (Å²) in [6.45, 7) is 5.23. The van der Waals surface area contributed by atoms with Crippen molar-refractivity contribution < 1.29 is 14.4 Å². The van der Waals surface area contributed by atoms with Gasteiger partial charge in [-0.1, -0.05) is 28.8 Å². The zero-order chi connectivity index (χ0) is 18.9. The van der Waals surface area contributed by atoms with Gasteiger partial charge < -0.3 is 10.6 Å². The summed E-state index contributed by atoms with van der Waals surface area (Å²) in [6, 6.07) is 2.39. The van der Waals surface area contributed by atoms with Crippen LogP contribution in [0.4, 0.5) is 11.4 Å². The zero-order valence-electron chi connectivity index (χ0n) is 14.4. The van der Waals surface area contributed by atoms with Gasteiger partial charge in [-0.3, -0.25) is 14.4 Å². The van der Waals surface area contributed by atoms with Gasteiger partial charge in [-0.2, -0.15) is 0 Å². The third kappa shape index (κ3) is 3.80. The molecule has 8 heteroatoms. The van der Waals surface area contributed by atoms with Gasteiger partial charge >= 0.3 is 0 Å². The summed E-state index contributed by atoms with van der Waals surface area (Å²) in [4.78, 5) is 37.6. The molecule has 1 aliphatic heterocycles. The predicted molar refractivity (Wildman–Crippen MR) is 99.1 cm³/mol. The lowest BCUT2D eigenvalue weighted by atomic mass is 10.1. The molecule has 6 nitrogen and oxygen atoms in total. The Kier molecular flexibility index (Phi) is 5.75. The van der Waals surface area contributed by atoms with Gasteiger partial charge in [-0.25, -0.2) is 4.90 Å². The zero-order valence-corrected chi connectivity index (χ0v) is 15.9. The normalized spacial score (nSPS) is 15.4. The van der Waals surface area contributed by atoms with E-state index in [0.29, 0.717) is 11.3 Å². The van der Waals surface area contributed by atoms with Crippen molar-refractivity contribution in [1.82, 2.24) is 5.32 Å². The molecule has 1 saturated heterocycles.